The Hall–Kier alpha value is -0.440. The quantitative estimate of drug-likeness (QED) is 0.866. The highest BCUT2D eigenvalue weighted by molar-refractivity contribution is 6.35. The predicted octanol–water partition coefficient (Wildman–Crippen LogP) is 3.28. The molecule has 14 heavy (non-hydrogen) atoms. The molecule has 0 amide bonds. The standard InChI is InChI=1S/C10H13Cl2NO/c1-6(13-2)8-4-7(11)5-9(12)10(8)14-3/h4-6,13H,1-3H3/t6-/m1/s1. The van der Waals surface area contributed by atoms with E-state index in [4.69, 9.17) is 27.9 Å². The van der Waals surface area contributed by atoms with E-state index in [0.717, 1.165) is 5.56 Å². The van der Waals surface area contributed by atoms with Crippen LogP contribution in [-0.4, -0.2) is 14.2 Å². The molecule has 0 saturated carbocycles. The highest BCUT2D eigenvalue weighted by Gasteiger charge is 2.13. The third-order valence-corrected chi connectivity index (χ3v) is 2.64. The van der Waals surface area contributed by atoms with Crippen LogP contribution in [0.15, 0.2) is 12.1 Å². The van der Waals surface area contributed by atoms with Gasteiger partial charge in [-0.25, -0.2) is 0 Å². The van der Waals surface area contributed by atoms with Gasteiger partial charge in [0.25, 0.3) is 0 Å². The molecule has 1 aromatic carbocycles. The summed E-state index contributed by atoms with van der Waals surface area (Å²) in [7, 11) is 3.47. The maximum absolute atomic E-state index is 6.00. The van der Waals surface area contributed by atoms with Gasteiger partial charge in [0.2, 0.25) is 0 Å². The number of methoxy groups -OCH3 is 1. The van der Waals surface area contributed by atoms with E-state index < -0.39 is 0 Å². The van der Waals surface area contributed by atoms with Crippen LogP contribution in [-0.2, 0) is 0 Å². The summed E-state index contributed by atoms with van der Waals surface area (Å²) in [6.45, 7) is 2.02. The maximum atomic E-state index is 6.00. The van der Waals surface area contributed by atoms with E-state index in [2.05, 4.69) is 5.32 Å². The van der Waals surface area contributed by atoms with Crippen molar-refractivity contribution in [3.8, 4) is 5.75 Å². The highest BCUT2D eigenvalue weighted by atomic mass is 35.5. The van der Waals surface area contributed by atoms with Crippen LogP contribution in [0.1, 0.15) is 18.5 Å². The number of hydrogen-bond acceptors (Lipinski definition) is 2. The zero-order valence-corrected chi connectivity index (χ0v) is 9.91. The minimum absolute atomic E-state index is 0.154. The van der Waals surface area contributed by atoms with Gasteiger partial charge in [0.1, 0.15) is 5.75 Å². The van der Waals surface area contributed by atoms with Gasteiger partial charge in [0, 0.05) is 16.6 Å². The van der Waals surface area contributed by atoms with Crippen LogP contribution in [0.5, 0.6) is 5.75 Å². The summed E-state index contributed by atoms with van der Waals surface area (Å²) in [6, 6.07) is 3.68. The van der Waals surface area contributed by atoms with Gasteiger partial charge in [-0.3, -0.25) is 0 Å². The molecule has 1 aromatic rings. The topological polar surface area (TPSA) is 21.3 Å². The lowest BCUT2D eigenvalue weighted by Gasteiger charge is -2.16. The van der Waals surface area contributed by atoms with Gasteiger partial charge >= 0.3 is 0 Å². The lowest BCUT2D eigenvalue weighted by atomic mass is 10.1. The molecule has 0 spiro atoms. The van der Waals surface area contributed by atoms with Crippen molar-refractivity contribution in [2.45, 2.75) is 13.0 Å². The summed E-state index contributed by atoms with van der Waals surface area (Å²) >= 11 is 11.9. The van der Waals surface area contributed by atoms with E-state index in [-0.39, 0.29) is 6.04 Å². The van der Waals surface area contributed by atoms with Crippen LogP contribution in [0.2, 0.25) is 10.0 Å². The lowest BCUT2D eigenvalue weighted by molar-refractivity contribution is 0.404. The average molecular weight is 234 g/mol. The smallest absolute Gasteiger partial charge is 0.142 e. The van der Waals surface area contributed by atoms with E-state index in [1.807, 2.05) is 20.0 Å². The zero-order chi connectivity index (χ0) is 10.7. The Bertz CT molecular complexity index is 328. The second-order valence-electron chi connectivity index (χ2n) is 3.02. The average Bonchev–Trinajstić information content (AvgIpc) is 2.15. The fourth-order valence-electron chi connectivity index (χ4n) is 1.27. The second kappa shape index (κ2) is 4.87. The van der Waals surface area contributed by atoms with Gasteiger partial charge in [0.15, 0.2) is 0 Å². The van der Waals surface area contributed by atoms with Crippen molar-refractivity contribution in [1.29, 1.82) is 0 Å². The third kappa shape index (κ3) is 2.32. The molecular weight excluding hydrogens is 221 g/mol. The van der Waals surface area contributed by atoms with Crippen molar-refractivity contribution in [3.63, 3.8) is 0 Å². The first kappa shape index (κ1) is 11.6. The molecule has 0 aliphatic carbocycles. The van der Waals surface area contributed by atoms with Crippen LogP contribution in [0.4, 0.5) is 0 Å². The van der Waals surface area contributed by atoms with Gasteiger partial charge < -0.3 is 10.1 Å². The molecule has 0 saturated heterocycles. The summed E-state index contributed by atoms with van der Waals surface area (Å²) < 4.78 is 5.22. The number of benzene rings is 1. The Morgan fingerprint density at radius 2 is 2.00 bits per heavy atom. The van der Waals surface area contributed by atoms with Crippen molar-refractivity contribution in [2.24, 2.45) is 0 Å². The molecule has 1 atom stereocenters. The molecule has 0 aromatic heterocycles. The van der Waals surface area contributed by atoms with Gasteiger partial charge in [-0.2, -0.15) is 0 Å². The number of nitrogens with one attached hydrogen (secondary N) is 1. The van der Waals surface area contributed by atoms with Crippen LogP contribution >= 0.6 is 23.2 Å². The monoisotopic (exact) mass is 233 g/mol. The molecule has 2 nitrogen and oxygen atoms in total. The Morgan fingerprint density at radius 1 is 1.36 bits per heavy atom. The lowest BCUT2D eigenvalue weighted by Crippen LogP contribution is -2.13. The Balaban J connectivity index is 3.24. The van der Waals surface area contributed by atoms with E-state index in [1.54, 1.807) is 13.2 Å². The zero-order valence-electron chi connectivity index (χ0n) is 8.40. The molecular formula is C10H13Cl2NO. The number of rotatable bonds is 3. The Kier molecular flexibility index (Phi) is 4.05. The number of ether oxygens (including phenoxy) is 1. The SMILES string of the molecule is CN[C@H](C)c1cc(Cl)cc(Cl)c1OC. The molecule has 1 rings (SSSR count). The van der Waals surface area contributed by atoms with Crippen molar-refractivity contribution >= 4 is 23.2 Å². The Morgan fingerprint density at radius 3 is 2.50 bits per heavy atom. The summed E-state index contributed by atoms with van der Waals surface area (Å²) in [5, 5.41) is 4.27. The normalized spacial score (nSPS) is 12.6. The van der Waals surface area contributed by atoms with E-state index in [0.29, 0.717) is 15.8 Å². The van der Waals surface area contributed by atoms with Crippen molar-refractivity contribution < 1.29 is 4.74 Å². The summed E-state index contributed by atoms with van der Waals surface area (Å²) in [6.07, 6.45) is 0. The van der Waals surface area contributed by atoms with Crippen molar-refractivity contribution in [3.05, 3.63) is 27.7 Å². The summed E-state index contributed by atoms with van der Waals surface area (Å²) in [5.74, 6) is 0.679. The van der Waals surface area contributed by atoms with Crippen LogP contribution < -0.4 is 10.1 Å². The number of hydrogen-bond donors (Lipinski definition) is 1. The molecule has 0 aliphatic heterocycles. The van der Waals surface area contributed by atoms with E-state index in [1.165, 1.54) is 0 Å². The van der Waals surface area contributed by atoms with Crippen molar-refractivity contribution in [2.75, 3.05) is 14.2 Å². The van der Waals surface area contributed by atoms with E-state index >= 15 is 0 Å². The predicted molar refractivity (Wildman–Crippen MR) is 60.5 cm³/mol. The summed E-state index contributed by atoms with van der Waals surface area (Å²) in [4.78, 5) is 0. The van der Waals surface area contributed by atoms with Gasteiger partial charge in [0.05, 0.1) is 12.1 Å². The molecule has 0 aliphatic rings. The third-order valence-electron chi connectivity index (χ3n) is 2.14. The summed E-state index contributed by atoms with van der Waals surface area (Å²) in [5.41, 5.74) is 0.965. The van der Waals surface area contributed by atoms with Crippen LogP contribution in [0.25, 0.3) is 0 Å². The van der Waals surface area contributed by atoms with Crippen LogP contribution in [0, 0.1) is 0 Å². The highest BCUT2D eigenvalue weighted by Crippen LogP contribution is 2.35. The first-order valence-electron chi connectivity index (χ1n) is 4.30. The maximum Gasteiger partial charge on any atom is 0.142 e. The molecule has 0 radical (unpaired) electrons. The Labute approximate surface area is 94.2 Å². The number of halogens is 2. The molecule has 0 fully saturated rings. The molecule has 0 unspecified atom stereocenters. The fourth-order valence-corrected chi connectivity index (χ4v) is 1.86. The molecule has 0 bridgehead atoms. The van der Waals surface area contributed by atoms with Crippen molar-refractivity contribution in [1.82, 2.24) is 5.32 Å². The first-order valence-corrected chi connectivity index (χ1v) is 5.06. The van der Waals surface area contributed by atoms with Gasteiger partial charge in [-0.05, 0) is 26.1 Å². The van der Waals surface area contributed by atoms with Crippen LogP contribution in [0.3, 0.4) is 0 Å². The second-order valence-corrected chi connectivity index (χ2v) is 3.86. The van der Waals surface area contributed by atoms with E-state index in [9.17, 15) is 0 Å². The molecule has 1 N–H and O–H groups in total. The first-order chi connectivity index (χ1) is 6.60. The fraction of sp³-hybridized carbons (Fsp3) is 0.400. The largest absolute Gasteiger partial charge is 0.495 e. The molecule has 78 valence electrons. The van der Waals surface area contributed by atoms with Gasteiger partial charge in [-0.15, -0.1) is 0 Å². The minimum Gasteiger partial charge on any atom is -0.495 e. The molecule has 0 heterocycles. The minimum atomic E-state index is 0.154. The molecule has 4 heteroatoms. The van der Waals surface area contributed by atoms with Gasteiger partial charge in [-0.1, -0.05) is 23.2 Å².